The van der Waals surface area contributed by atoms with Gasteiger partial charge >= 0.3 is 0 Å². The summed E-state index contributed by atoms with van der Waals surface area (Å²) in [6.07, 6.45) is -0.752. The van der Waals surface area contributed by atoms with Gasteiger partial charge in [0.2, 0.25) is 0 Å². The number of benzene rings is 3. The Hall–Kier alpha value is -3.03. The molecule has 1 amide bonds. The minimum absolute atomic E-state index is 0.0919. The Morgan fingerprint density at radius 2 is 1.60 bits per heavy atom. The van der Waals surface area contributed by atoms with Gasteiger partial charge in [-0.1, -0.05) is 29.8 Å². The van der Waals surface area contributed by atoms with Crippen molar-refractivity contribution < 1.29 is 17.9 Å². The van der Waals surface area contributed by atoms with Crippen LogP contribution >= 0.6 is 11.6 Å². The molecule has 30 heavy (non-hydrogen) atoms. The lowest BCUT2D eigenvalue weighted by molar-refractivity contribution is -0.122. The predicted molar refractivity (Wildman–Crippen MR) is 119 cm³/mol. The van der Waals surface area contributed by atoms with Crippen molar-refractivity contribution in [1.82, 2.24) is 0 Å². The summed E-state index contributed by atoms with van der Waals surface area (Å²) in [6, 6.07) is 19.7. The van der Waals surface area contributed by atoms with Gasteiger partial charge in [-0.25, -0.2) is 8.42 Å². The third-order valence-corrected chi connectivity index (χ3v) is 5.95. The van der Waals surface area contributed by atoms with Crippen molar-refractivity contribution >= 4 is 38.9 Å². The number of hydrogen-bond donors (Lipinski definition) is 2. The molecule has 0 spiro atoms. The lowest BCUT2D eigenvalue weighted by Gasteiger charge is -2.15. The molecule has 0 aromatic heterocycles. The standard InChI is InChI=1S/C22H21ClN2O4S/c1-15-5-3-4-6-21(15)25-30(27,28)20-13-9-18(10-14-20)24-22(26)16(2)29-19-11-7-17(23)8-12-19/h3-14,16,25H,1-2H3,(H,24,26)/t16-/m0/s1. The molecule has 3 aromatic carbocycles. The van der Waals surface area contributed by atoms with Gasteiger partial charge in [0, 0.05) is 10.7 Å². The average Bonchev–Trinajstić information content (AvgIpc) is 2.71. The largest absolute Gasteiger partial charge is 0.481 e. The van der Waals surface area contributed by atoms with Gasteiger partial charge < -0.3 is 10.1 Å². The van der Waals surface area contributed by atoms with Crippen LogP contribution in [0.25, 0.3) is 0 Å². The molecule has 3 rings (SSSR count). The van der Waals surface area contributed by atoms with Crippen LogP contribution in [0.15, 0.2) is 77.7 Å². The Bertz CT molecular complexity index is 1130. The summed E-state index contributed by atoms with van der Waals surface area (Å²) in [5.41, 5.74) is 1.80. The van der Waals surface area contributed by atoms with Gasteiger partial charge in [-0.2, -0.15) is 0 Å². The fourth-order valence-electron chi connectivity index (χ4n) is 2.62. The lowest BCUT2D eigenvalue weighted by Crippen LogP contribution is -2.30. The van der Waals surface area contributed by atoms with Gasteiger partial charge in [-0.3, -0.25) is 9.52 Å². The molecule has 0 radical (unpaired) electrons. The molecule has 0 fully saturated rings. The SMILES string of the molecule is Cc1ccccc1NS(=O)(=O)c1ccc(NC(=O)[C@H](C)Oc2ccc(Cl)cc2)cc1. The molecule has 0 aliphatic rings. The zero-order valence-corrected chi connectivity index (χ0v) is 18.0. The molecule has 156 valence electrons. The second-order valence-electron chi connectivity index (χ2n) is 6.65. The molecule has 0 aliphatic carbocycles. The quantitative estimate of drug-likeness (QED) is 0.545. The molecule has 3 aromatic rings. The zero-order valence-electron chi connectivity index (χ0n) is 16.4. The highest BCUT2D eigenvalue weighted by molar-refractivity contribution is 7.92. The summed E-state index contributed by atoms with van der Waals surface area (Å²) < 4.78 is 33.3. The summed E-state index contributed by atoms with van der Waals surface area (Å²) in [6.45, 7) is 3.44. The number of nitrogens with one attached hydrogen (secondary N) is 2. The number of rotatable bonds is 7. The highest BCUT2D eigenvalue weighted by atomic mass is 35.5. The highest BCUT2D eigenvalue weighted by Gasteiger charge is 2.17. The van der Waals surface area contributed by atoms with Crippen molar-refractivity contribution in [3.8, 4) is 5.75 Å². The molecule has 0 unspecified atom stereocenters. The molecular formula is C22H21ClN2O4S. The monoisotopic (exact) mass is 444 g/mol. The predicted octanol–water partition coefficient (Wildman–Crippen LogP) is 4.86. The van der Waals surface area contributed by atoms with Crippen LogP contribution in [0.3, 0.4) is 0 Å². The summed E-state index contributed by atoms with van der Waals surface area (Å²) in [5, 5.41) is 3.28. The second kappa shape index (κ2) is 9.19. The van der Waals surface area contributed by atoms with E-state index < -0.39 is 16.1 Å². The summed E-state index contributed by atoms with van der Waals surface area (Å²) in [4.78, 5) is 12.4. The van der Waals surface area contributed by atoms with Gasteiger partial charge in [0.05, 0.1) is 10.6 Å². The first kappa shape index (κ1) is 21.7. The van der Waals surface area contributed by atoms with Crippen molar-refractivity contribution in [2.75, 3.05) is 10.0 Å². The summed E-state index contributed by atoms with van der Waals surface area (Å²) >= 11 is 5.83. The second-order valence-corrected chi connectivity index (χ2v) is 8.77. The number of anilines is 2. The Labute approximate surface area is 180 Å². The number of ether oxygens (including phenoxy) is 1. The van der Waals surface area contributed by atoms with Gasteiger partial charge in [-0.15, -0.1) is 0 Å². The van der Waals surface area contributed by atoms with Crippen molar-refractivity contribution in [1.29, 1.82) is 0 Å². The van der Waals surface area contributed by atoms with Crippen molar-refractivity contribution in [3.05, 3.63) is 83.4 Å². The van der Waals surface area contributed by atoms with E-state index in [1.54, 1.807) is 43.3 Å². The maximum Gasteiger partial charge on any atom is 0.265 e. The van der Waals surface area contributed by atoms with Gasteiger partial charge in [-0.05, 0) is 74.0 Å². The Balaban J connectivity index is 1.64. The van der Waals surface area contributed by atoms with Gasteiger partial charge in [0.15, 0.2) is 6.10 Å². The first-order valence-corrected chi connectivity index (χ1v) is 11.0. The molecule has 1 atom stereocenters. The summed E-state index contributed by atoms with van der Waals surface area (Å²) in [5.74, 6) is 0.157. The van der Waals surface area contributed by atoms with E-state index in [9.17, 15) is 13.2 Å². The van der Waals surface area contributed by atoms with Crippen molar-refractivity contribution in [2.24, 2.45) is 0 Å². The molecule has 0 aliphatic heterocycles. The van der Waals surface area contributed by atoms with E-state index in [0.717, 1.165) is 5.56 Å². The number of para-hydroxylation sites is 1. The van der Waals surface area contributed by atoms with Gasteiger partial charge in [0.25, 0.3) is 15.9 Å². The van der Waals surface area contributed by atoms with Gasteiger partial charge in [0.1, 0.15) is 5.75 Å². The van der Waals surface area contributed by atoms with Crippen molar-refractivity contribution in [3.63, 3.8) is 0 Å². The Morgan fingerprint density at radius 3 is 2.23 bits per heavy atom. The van der Waals surface area contributed by atoms with E-state index in [2.05, 4.69) is 10.0 Å². The first-order chi connectivity index (χ1) is 14.2. The Kier molecular flexibility index (Phi) is 6.64. The van der Waals surface area contributed by atoms with Crippen LogP contribution in [0.4, 0.5) is 11.4 Å². The lowest BCUT2D eigenvalue weighted by atomic mass is 10.2. The third-order valence-electron chi connectivity index (χ3n) is 4.32. The molecule has 2 N–H and O–H groups in total. The molecule has 0 saturated carbocycles. The molecule has 0 bridgehead atoms. The minimum atomic E-state index is -3.74. The number of halogens is 1. The van der Waals surface area contributed by atoms with Crippen LogP contribution < -0.4 is 14.8 Å². The van der Waals surface area contributed by atoms with E-state index in [1.165, 1.54) is 24.3 Å². The molecule has 8 heteroatoms. The van der Waals surface area contributed by atoms with Crippen LogP contribution in [-0.4, -0.2) is 20.4 Å². The molecule has 0 heterocycles. The van der Waals surface area contributed by atoms with Crippen molar-refractivity contribution in [2.45, 2.75) is 24.8 Å². The number of aryl methyl sites for hydroxylation is 1. The van der Waals surface area contributed by atoms with E-state index in [-0.39, 0.29) is 10.8 Å². The van der Waals surface area contributed by atoms with E-state index in [1.807, 2.05) is 19.1 Å². The molecular weight excluding hydrogens is 424 g/mol. The van der Waals surface area contributed by atoms with Crippen LogP contribution in [-0.2, 0) is 14.8 Å². The number of carbonyl (C=O) groups excluding carboxylic acids is 1. The number of carbonyl (C=O) groups is 1. The fraction of sp³-hybridized carbons (Fsp3) is 0.136. The van der Waals surface area contributed by atoms with E-state index in [0.29, 0.717) is 22.1 Å². The highest BCUT2D eigenvalue weighted by Crippen LogP contribution is 2.21. The average molecular weight is 445 g/mol. The first-order valence-electron chi connectivity index (χ1n) is 9.16. The number of amides is 1. The van der Waals surface area contributed by atoms with Crippen LogP contribution in [0, 0.1) is 6.92 Å². The fourth-order valence-corrected chi connectivity index (χ4v) is 3.88. The van der Waals surface area contributed by atoms with E-state index in [4.69, 9.17) is 16.3 Å². The van der Waals surface area contributed by atoms with Crippen LogP contribution in [0.2, 0.25) is 5.02 Å². The zero-order chi connectivity index (χ0) is 21.7. The Morgan fingerprint density at radius 1 is 0.967 bits per heavy atom. The topological polar surface area (TPSA) is 84.5 Å². The van der Waals surface area contributed by atoms with Crippen LogP contribution in [0.5, 0.6) is 5.75 Å². The molecule has 6 nitrogen and oxygen atoms in total. The summed E-state index contributed by atoms with van der Waals surface area (Å²) in [7, 11) is -3.74. The minimum Gasteiger partial charge on any atom is -0.481 e. The van der Waals surface area contributed by atoms with Crippen LogP contribution in [0.1, 0.15) is 12.5 Å². The normalized spacial score (nSPS) is 12.1. The maximum absolute atomic E-state index is 12.6. The molecule has 0 saturated heterocycles. The number of sulfonamides is 1. The smallest absolute Gasteiger partial charge is 0.265 e. The van der Waals surface area contributed by atoms with E-state index >= 15 is 0 Å². The number of hydrogen-bond acceptors (Lipinski definition) is 4. The maximum atomic E-state index is 12.6. The third kappa shape index (κ3) is 5.52.